The number of halogens is 2. The number of carboxylic acids is 1. The van der Waals surface area contributed by atoms with Gasteiger partial charge in [0.2, 0.25) is 0 Å². The van der Waals surface area contributed by atoms with E-state index < -0.39 is 5.97 Å². The van der Waals surface area contributed by atoms with Gasteiger partial charge < -0.3 is 10.4 Å². The largest absolute Gasteiger partial charge is 0.481 e. The van der Waals surface area contributed by atoms with E-state index in [1.165, 1.54) is 0 Å². The third-order valence-electron chi connectivity index (χ3n) is 2.06. The number of unbranched alkanes of at least 4 members (excludes halogenated alkanes) is 1. The molecule has 0 saturated heterocycles. The number of nitrogens with one attached hydrogen (secondary N) is 1. The highest BCUT2D eigenvalue weighted by molar-refractivity contribution is 9.10. The lowest BCUT2D eigenvalue weighted by Crippen LogP contribution is -2.03. The second-order valence-corrected chi connectivity index (χ2v) is 4.72. The van der Waals surface area contributed by atoms with Gasteiger partial charge in [0.05, 0.1) is 10.7 Å². The molecule has 5 heteroatoms. The van der Waals surface area contributed by atoms with Crippen molar-refractivity contribution < 1.29 is 9.90 Å². The second kappa shape index (κ2) is 6.76. The molecule has 2 N–H and O–H groups in total. The highest BCUT2D eigenvalue weighted by atomic mass is 79.9. The maximum atomic E-state index is 10.3. The van der Waals surface area contributed by atoms with Crippen molar-refractivity contribution in [3.8, 4) is 0 Å². The fourth-order valence-corrected chi connectivity index (χ4v) is 1.80. The van der Waals surface area contributed by atoms with E-state index >= 15 is 0 Å². The maximum absolute atomic E-state index is 10.3. The van der Waals surface area contributed by atoms with E-state index in [-0.39, 0.29) is 6.42 Å². The summed E-state index contributed by atoms with van der Waals surface area (Å²) in [5.41, 5.74) is 0.867. The summed E-state index contributed by atoms with van der Waals surface area (Å²) in [5.74, 6) is -0.750. The van der Waals surface area contributed by atoms with Gasteiger partial charge in [0.15, 0.2) is 0 Å². The molecule has 1 rings (SSSR count). The number of benzene rings is 1. The van der Waals surface area contributed by atoms with Crippen LogP contribution in [-0.4, -0.2) is 17.6 Å². The summed E-state index contributed by atoms with van der Waals surface area (Å²) in [6.45, 7) is 0.726. The van der Waals surface area contributed by atoms with Crippen LogP contribution in [0.15, 0.2) is 22.7 Å². The Morgan fingerprint density at radius 2 is 2.19 bits per heavy atom. The van der Waals surface area contributed by atoms with Gasteiger partial charge in [-0.1, -0.05) is 27.5 Å². The molecule has 0 unspecified atom stereocenters. The van der Waals surface area contributed by atoms with Crippen molar-refractivity contribution in [3.63, 3.8) is 0 Å². The zero-order valence-electron chi connectivity index (χ0n) is 8.67. The Labute approximate surface area is 108 Å². The lowest BCUT2D eigenvalue weighted by atomic mass is 10.2. The van der Waals surface area contributed by atoms with Crippen LogP contribution in [0, 0.1) is 0 Å². The van der Waals surface area contributed by atoms with Crippen LogP contribution in [0.2, 0.25) is 5.02 Å². The predicted molar refractivity (Wildman–Crippen MR) is 69.1 cm³/mol. The molecule has 0 atom stereocenters. The minimum Gasteiger partial charge on any atom is -0.481 e. The zero-order chi connectivity index (χ0) is 12.0. The number of anilines is 1. The summed E-state index contributed by atoms with van der Waals surface area (Å²) in [5, 5.41) is 12.3. The van der Waals surface area contributed by atoms with Crippen molar-refractivity contribution in [1.29, 1.82) is 0 Å². The molecule has 0 aliphatic rings. The highest BCUT2D eigenvalue weighted by Crippen LogP contribution is 2.25. The molecule has 0 heterocycles. The Morgan fingerprint density at radius 3 is 2.88 bits per heavy atom. The van der Waals surface area contributed by atoms with E-state index in [1.54, 1.807) is 0 Å². The molecule has 0 spiro atoms. The van der Waals surface area contributed by atoms with Crippen molar-refractivity contribution in [2.45, 2.75) is 19.3 Å². The number of hydrogen-bond acceptors (Lipinski definition) is 2. The molecular weight excluding hydrogens is 293 g/mol. The standard InChI is InChI=1S/C11H13BrClNO2/c12-8-4-5-9(13)10(7-8)14-6-2-1-3-11(15)16/h4-5,7,14H,1-3,6H2,(H,15,16). The first-order chi connectivity index (χ1) is 7.59. The van der Waals surface area contributed by atoms with Crippen LogP contribution < -0.4 is 5.32 Å². The topological polar surface area (TPSA) is 49.3 Å². The van der Waals surface area contributed by atoms with Crippen LogP contribution in [0.5, 0.6) is 0 Å². The van der Waals surface area contributed by atoms with Crippen LogP contribution in [0.4, 0.5) is 5.69 Å². The molecule has 1 aromatic carbocycles. The van der Waals surface area contributed by atoms with Crippen LogP contribution in [-0.2, 0) is 4.79 Å². The third-order valence-corrected chi connectivity index (χ3v) is 2.88. The van der Waals surface area contributed by atoms with Crippen molar-refractivity contribution in [1.82, 2.24) is 0 Å². The first-order valence-electron chi connectivity index (χ1n) is 5.00. The van der Waals surface area contributed by atoms with Gasteiger partial charge in [-0.3, -0.25) is 4.79 Å². The lowest BCUT2D eigenvalue weighted by Gasteiger charge is -2.08. The first-order valence-corrected chi connectivity index (χ1v) is 6.17. The Hall–Kier alpha value is -0.740. The van der Waals surface area contributed by atoms with Crippen molar-refractivity contribution in [2.24, 2.45) is 0 Å². The maximum Gasteiger partial charge on any atom is 0.303 e. The number of carboxylic acid groups (broad SMARTS) is 1. The van der Waals surface area contributed by atoms with Gasteiger partial charge >= 0.3 is 5.97 Å². The van der Waals surface area contributed by atoms with Gasteiger partial charge in [0.25, 0.3) is 0 Å². The molecule has 0 saturated carbocycles. The van der Waals surface area contributed by atoms with Crippen molar-refractivity contribution in [2.75, 3.05) is 11.9 Å². The summed E-state index contributed by atoms with van der Waals surface area (Å²) in [7, 11) is 0. The molecular formula is C11H13BrClNO2. The molecule has 88 valence electrons. The zero-order valence-corrected chi connectivity index (χ0v) is 11.0. The fraction of sp³-hybridized carbons (Fsp3) is 0.364. The van der Waals surface area contributed by atoms with Gasteiger partial charge in [-0.15, -0.1) is 0 Å². The van der Waals surface area contributed by atoms with Gasteiger partial charge in [0, 0.05) is 17.4 Å². The smallest absolute Gasteiger partial charge is 0.303 e. The summed E-state index contributed by atoms with van der Waals surface area (Å²) in [4.78, 5) is 10.3. The van der Waals surface area contributed by atoms with Crippen LogP contribution >= 0.6 is 27.5 Å². The van der Waals surface area contributed by atoms with E-state index in [0.29, 0.717) is 11.4 Å². The average Bonchev–Trinajstić information content (AvgIpc) is 2.22. The fourth-order valence-electron chi connectivity index (χ4n) is 1.26. The molecule has 0 aliphatic heterocycles. The van der Waals surface area contributed by atoms with E-state index in [4.69, 9.17) is 16.7 Å². The van der Waals surface area contributed by atoms with E-state index in [2.05, 4.69) is 21.2 Å². The predicted octanol–water partition coefficient (Wildman–Crippen LogP) is 3.77. The molecule has 16 heavy (non-hydrogen) atoms. The van der Waals surface area contributed by atoms with E-state index in [9.17, 15) is 4.79 Å². The minimum absolute atomic E-state index is 0.216. The SMILES string of the molecule is O=C(O)CCCCNc1cc(Br)ccc1Cl. The quantitative estimate of drug-likeness (QED) is 0.787. The molecule has 0 aromatic heterocycles. The monoisotopic (exact) mass is 305 g/mol. The molecule has 3 nitrogen and oxygen atoms in total. The molecule has 0 radical (unpaired) electrons. The van der Waals surface area contributed by atoms with Crippen molar-refractivity contribution >= 4 is 39.2 Å². The molecule has 0 fully saturated rings. The normalized spacial score (nSPS) is 10.1. The first kappa shape index (κ1) is 13.3. The summed E-state index contributed by atoms with van der Waals surface area (Å²) >= 11 is 9.34. The van der Waals surface area contributed by atoms with Gasteiger partial charge in [-0.25, -0.2) is 0 Å². The van der Waals surface area contributed by atoms with Crippen LogP contribution in [0.1, 0.15) is 19.3 Å². The van der Waals surface area contributed by atoms with Gasteiger partial charge in [-0.05, 0) is 31.0 Å². The number of carbonyl (C=O) groups is 1. The Morgan fingerprint density at radius 1 is 1.44 bits per heavy atom. The second-order valence-electron chi connectivity index (χ2n) is 3.40. The summed E-state index contributed by atoms with van der Waals surface area (Å²) in [6, 6.07) is 5.59. The average molecular weight is 307 g/mol. The third kappa shape index (κ3) is 4.86. The number of rotatable bonds is 6. The van der Waals surface area contributed by atoms with Gasteiger partial charge in [-0.2, -0.15) is 0 Å². The molecule has 0 amide bonds. The van der Waals surface area contributed by atoms with E-state index in [0.717, 1.165) is 23.1 Å². The Bertz CT molecular complexity index is 371. The lowest BCUT2D eigenvalue weighted by molar-refractivity contribution is -0.137. The molecule has 0 aliphatic carbocycles. The van der Waals surface area contributed by atoms with Gasteiger partial charge in [0.1, 0.15) is 0 Å². The number of aliphatic carboxylic acids is 1. The highest BCUT2D eigenvalue weighted by Gasteiger charge is 2.00. The summed E-state index contributed by atoms with van der Waals surface area (Å²) < 4.78 is 0.963. The number of hydrogen-bond donors (Lipinski definition) is 2. The molecule has 1 aromatic rings. The van der Waals surface area contributed by atoms with Crippen LogP contribution in [0.25, 0.3) is 0 Å². The van der Waals surface area contributed by atoms with E-state index in [1.807, 2.05) is 18.2 Å². The molecule has 0 bridgehead atoms. The van der Waals surface area contributed by atoms with Crippen LogP contribution in [0.3, 0.4) is 0 Å². The Kier molecular flexibility index (Phi) is 5.63. The summed E-state index contributed by atoms with van der Waals surface area (Å²) in [6.07, 6.45) is 1.71. The Balaban J connectivity index is 2.31. The van der Waals surface area contributed by atoms with Crippen molar-refractivity contribution in [3.05, 3.63) is 27.7 Å². The minimum atomic E-state index is -0.750.